The van der Waals surface area contributed by atoms with Crippen molar-refractivity contribution in [2.45, 2.75) is 18.1 Å². The van der Waals surface area contributed by atoms with E-state index >= 15 is 0 Å². The van der Waals surface area contributed by atoms with Gasteiger partial charge in [-0.3, -0.25) is 4.72 Å². The molecule has 2 aromatic rings. The number of piperidine rings is 1. The van der Waals surface area contributed by atoms with E-state index in [9.17, 15) is 8.42 Å². The standard InChI is InChI=1S/C13H16N2O2S2/c16-19(17,12-3-6-14-7-4-12)15-11-1-2-13-10(9-11)5-8-18-13/h1-2,5,8-9,12,14-15H,3-4,6-7H2. The summed E-state index contributed by atoms with van der Waals surface area (Å²) in [6.45, 7) is 1.55. The van der Waals surface area contributed by atoms with Crippen LogP contribution in [-0.2, 0) is 10.0 Å². The normalized spacial score (nSPS) is 17.7. The summed E-state index contributed by atoms with van der Waals surface area (Å²) in [4.78, 5) is 0. The molecule has 3 rings (SSSR count). The van der Waals surface area contributed by atoms with Crippen LogP contribution in [0.5, 0.6) is 0 Å². The quantitative estimate of drug-likeness (QED) is 0.914. The largest absolute Gasteiger partial charge is 0.317 e. The Balaban J connectivity index is 1.82. The summed E-state index contributed by atoms with van der Waals surface area (Å²) in [7, 11) is -3.27. The predicted molar refractivity (Wildman–Crippen MR) is 80.3 cm³/mol. The molecule has 0 saturated carbocycles. The Kier molecular flexibility index (Phi) is 3.47. The second-order valence-corrected chi connectivity index (χ2v) is 7.68. The number of fused-ring (bicyclic) bond motifs is 1. The van der Waals surface area contributed by atoms with Crippen LogP contribution in [0.15, 0.2) is 29.6 Å². The van der Waals surface area contributed by atoms with Gasteiger partial charge in [0.2, 0.25) is 10.0 Å². The molecule has 0 spiro atoms. The summed E-state index contributed by atoms with van der Waals surface area (Å²) in [5.41, 5.74) is 0.657. The highest BCUT2D eigenvalue weighted by molar-refractivity contribution is 7.93. The van der Waals surface area contributed by atoms with Gasteiger partial charge in [0.25, 0.3) is 0 Å². The summed E-state index contributed by atoms with van der Waals surface area (Å²) in [6, 6.07) is 7.69. The molecule has 1 fully saturated rings. The third-order valence-corrected chi connectivity index (χ3v) is 6.20. The van der Waals surface area contributed by atoms with Crippen molar-refractivity contribution in [3.63, 3.8) is 0 Å². The number of thiophene rings is 1. The Bertz CT molecular complexity index is 673. The molecule has 102 valence electrons. The first-order chi connectivity index (χ1) is 9.15. The average molecular weight is 296 g/mol. The third-order valence-electron chi connectivity index (χ3n) is 3.44. The maximum absolute atomic E-state index is 12.3. The minimum atomic E-state index is -3.27. The van der Waals surface area contributed by atoms with E-state index in [4.69, 9.17) is 0 Å². The molecule has 0 amide bonds. The molecular formula is C13H16N2O2S2. The molecule has 4 nitrogen and oxygen atoms in total. The first kappa shape index (κ1) is 12.9. The fraction of sp³-hybridized carbons (Fsp3) is 0.385. The Morgan fingerprint density at radius 3 is 2.79 bits per heavy atom. The molecule has 1 aromatic heterocycles. The highest BCUT2D eigenvalue weighted by Gasteiger charge is 2.27. The van der Waals surface area contributed by atoms with E-state index in [0.29, 0.717) is 18.5 Å². The number of anilines is 1. The first-order valence-corrected chi connectivity index (χ1v) is 8.77. The topological polar surface area (TPSA) is 58.2 Å². The van der Waals surface area contributed by atoms with Crippen LogP contribution in [-0.4, -0.2) is 26.8 Å². The van der Waals surface area contributed by atoms with Crippen molar-refractivity contribution in [1.29, 1.82) is 0 Å². The Labute approximate surface area is 116 Å². The van der Waals surface area contributed by atoms with Crippen molar-refractivity contribution in [3.05, 3.63) is 29.6 Å². The summed E-state index contributed by atoms with van der Waals surface area (Å²) < 4.78 is 28.5. The van der Waals surface area contributed by atoms with Gasteiger partial charge in [-0.25, -0.2) is 8.42 Å². The monoisotopic (exact) mass is 296 g/mol. The molecule has 1 aliphatic heterocycles. The summed E-state index contributed by atoms with van der Waals surface area (Å²) in [5.74, 6) is 0. The Morgan fingerprint density at radius 1 is 1.21 bits per heavy atom. The molecule has 2 N–H and O–H groups in total. The van der Waals surface area contributed by atoms with Gasteiger partial charge in [0.15, 0.2) is 0 Å². The van der Waals surface area contributed by atoms with Crippen LogP contribution < -0.4 is 10.0 Å². The Morgan fingerprint density at radius 2 is 2.00 bits per heavy atom. The maximum atomic E-state index is 12.3. The SMILES string of the molecule is O=S(=O)(Nc1ccc2sccc2c1)C1CCNCC1. The second kappa shape index (κ2) is 5.11. The van der Waals surface area contributed by atoms with Gasteiger partial charge < -0.3 is 5.32 Å². The van der Waals surface area contributed by atoms with E-state index in [1.54, 1.807) is 11.3 Å². The lowest BCUT2D eigenvalue weighted by Gasteiger charge is -2.23. The lowest BCUT2D eigenvalue weighted by Crippen LogP contribution is -2.38. The fourth-order valence-corrected chi connectivity index (χ4v) is 4.63. The van der Waals surface area contributed by atoms with E-state index < -0.39 is 10.0 Å². The third kappa shape index (κ3) is 2.75. The molecule has 1 aliphatic rings. The van der Waals surface area contributed by atoms with Crippen molar-refractivity contribution in [2.24, 2.45) is 0 Å². The van der Waals surface area contributed by atoms with E-state index in [2.05, 4.69) is 10.0 Å². The highest BCUT2D eigenvalue weighted by atomic mass is 32.2. The van der Waals surface area contributed by atoms with Crippen LogP contribution >= 0.6 is 11.3 Å². The predicted octanol–water partition coefficient (Wildman–Crippen LogP) is 2.40. The van der Waals surface area contributed by atoms with E-state index in [-0.39, 0.29) is 5.25 Å². The molecule has 0 atom stereocenters. The number of nitrogens with one attached hydrogen (secondary N) is 2. The highest BCUT2D eigenvalue weighted by Crippen LogP contribution is 2.25. The first-order valence-electron chi connectivity index (χ1n) is 6.35. The number of hydrogen-bond acceptors (Lipinski definition) is 4. The van der Waals surface area contributed by atoms with Crippen LogP contribution in [0.25, 0.3) is 10.1 Å². The van der Waals surface area contributed by atoms with Crippen LogP contribution in [0.1, 0.15) is 12.8 Å². The van der Waals surface area contributed by atoms with Crippen molar-refractivity contribution in [1.82, 2.24) is 5.32 Å². The summed E-state index contributed by atoms with van der Waals surface area (Å²) >= 11 is 1.66. The maximum Gasteiger partial charge on any atom is 0.235 e. The molecule has 2 heterocycles. The zero-order valence-corrected chi connectivity index (χ0v) is 12.1. The minimum Gasteiger partial charge on any atom is -0.317 e. The van der Waals surface area contributed by atoms with Crippen molar-refractivity contribution >= 4 is 37.1 Å². The Hall–Kier alpha value is -1.11. The lowest BCUT2D eigenvalue weighted by molar-refractivity contribution is 0.499. The van der Waals surface area contributed by atoms with Gasteiger partial charge in [0.1, 0.15) is 0 Å². The zero-order valence-electron chi connectivity index (χ0n) is 10.4. The number of rotatable bonds is 3. The van der Waals surface area contributed by atoms with Crippen molar-refractivity contribution in [2.75, 3.05) is 17.8 Å². The summed E-state index contributed by atoms with van der Waals surface area (Å²) in [5, 5.41) is 5.98. The van der Waals surface area contributed by atoms with Gasteiger partial charge >= 0.3 is 0 Å². The number of sulfonamides is 1. The molecule has 0 unspecified atom stereocenters. The van der Waals surface area contributed by atoms with E-state index in [0.717, 1.165) is 18.5 Å². The molecule has 0 bridgehead atoms. The molecular weight excluding hydrogens is 280 g/mol. The molecule has 19 heavy (non-hydrogen) atoms. The van der Waals surface area contributed by atoms with Gasteiger partial charge in [0.05, 0.1) is 5.25 Å². The van der Waals surface area contributed by atoms with Crippen LogP contribution in [0, 0.1) is 0 Å². The van der Waals surface area contributed by atoms with Crippen molar-refractivity contribution < 1.29 is 8.42 Å². The molecule has 1 aromatic carbocycles. The van der Waals surface area contributed by atoms with Gasteiger partial charge in [-0.2, -0.15) is 0 Å². The minimum absolute atomic E-state index is 0.285. The molecule has 0 radical (unpaired) electrons. The summed E-state index contributed by atoms with van der Waals surface area (Å²) in [6.07, 6.45) is 1.35. The second-order valence-electron chi connectivity index (χ2n) is 4.77. The number of hydrogen-bond donors (Lipinski definition) is 2. The number of benzene rings is 1. The van der Waals surface area contributed by atoms with Crippen LogP contribution in [0.2, 0.25) is 0 Å². The van der Waals surface area contributed by atoms with E-state index in [1.807, 2.05) is 29.6 Å². The van der Waals surface area contributed by atoms with Crippen molar-refractivity contribution in [3.8, 4) is 0 Å². The molecule has 1 saturated heterocycles. The zero-order chi connectivity index (χ0) is 13.3. The van der Waals surface area contributed by atoms with Crippen LogP contribution in [0.4, 0.5) is 5.69 Å². The van der Waals surface area contributed by atoms with Gasteiger partial charge in [0, 0.05) is 10.4 Å². The van der Waals surface area contributed by atoms with Gasteiger partial charge in [-0.15, -0.1) is 11.3 Å². The van der Waals surface area contributed by atoms with E-state index in [1.165, 1.54) is 4.70 Å². The van der Waals surface area contributed by atoms with Gasteiger partial charge in [-0.05, 0) is 61.0 Å². The smallest absolute Gasteiger partial charge is 0.235 e. The average Bonchev–Trinajstić information content (AvgIpc) is 2.87. The molecule has 0 aliphatic carbocycles. The van der Waals surface area contributed by atoms with Gasteiger partial charge in [-0.1, -0.05) is 0 Å². The van der Waals surface area contributed by atoms with Crippen LogP contribution in [0.3, 0.4) is 0 Å². The lowest BCUT2D eigenvalue weighted by atomic mass is 10.2. The molecule has 6 heteroatoms. The fourth-order valence-electron chi connectivity index (χ4n) is 2.38.